The van der Waals surface area contributed by atoms with E-state index in [1.807, 2.05) is 30.3 Å². The number of nitrogens with zero attached hydrogens (tertiary/aromatic N) is 4. The number of anilines is 1. The lowest BCUT2D eigenvalue weighted by Crippen LogP contribution is -2.12. The molecule has 192 valence electrons. The molecule has 0 radical (unpaired) electrons. The highest BCUT2D eigenvalue weighted by Gasteiger charge is 2.15. The first-order chi connectivity index (χ1) is 18.2. The first-order valence-electron chi connectivity index (χ1n) is 11.7. The van der Waals surface area contributed by atoms with Gasteiger partial charge in [0.05, 0.1) is 4.90 Å². The molecule has 0 aliphatic carbocycles. The van der Waals surface area contributed by atoms with Gasteiger partial charge in [-0.15, -0.1) is 0 Å². The Kier molecular flexibility index (Phi) is 6.88. The van der Waals surface area contributed by atoms with Gasteiger partial charge in [-0.3, -0.25) is 4.79 Å². The summed E-state index contributed by atoms with van der Waals surface area (Å²) in [6.07, 6.45) is 0. The van der Waals surface area contributed by atoms with Crippen LogP contribution in [-0.2, 0) is 16.6 Å². The lowest BCUT2D eigenvalue weighted by molar-refractivity contribution is 0.102. The number of nitrogens with one attached hydrogen (secondary N) is 1. The Balaban J connectivity index is 1.33. The standard InChI is InChI=1S/C28H24ClN5O3S/c1-18-19(2)34(17-20-6-4-3-5-7-20)25-13-8-21(16-24(18)25)28(35)30-22-9-11-23(12-10-22)38(36,37)33-27-15-14-26(29)31-32-27/h3-16H,17H2,1-2H3,(H2,30,32,33,35)/p-1. The fourth-order valence-corrected chi connectivity index (χ4v) is 5.24. The van der Waals surface area contributed by atoms with E-state index in [-0.39, 0.29) is 21.8 Å². The predicted octanol–water partition coefficient (Wildman–Crippen LogP) is 6.40. The number of hydrogen-bond donors (Lipinski definition) is 1. The third-order valence-electron chi connectivity index (χ3n) is 6.33. The minimum atomic E-state index is -4.01. The Bertz CT molecular complexity index is 1730. The Morgan fingerprint density at radius 1 is 0.947 bits per heavy atom. The van der Waals surface area contributed by atoms with Gasteiger partial charge >= 0.3 is 0 Å². The summed E-state index contributed by atoms with van der Waals surface area (Å²) in [6, 6.07) is 24.4. The molecule has 0 aliphatic heterocycles. The first-order valence-corrected chi connectivity index (χ1v) is 13.5. The van der Waals surface area contributed by atoms with Gasteiger partial charge in [-0.2, -0.15) is 0 Å². The predicted molar refractivity (Wildman–Crippen MR) is 149 cm³/mol. The lowest BCUT2D eigenvalue weighted by atomic mass is 10.1. The van der Waals surface area contributed by atoms with Crippen molar-refractivity contribution in [1.82, 2.24) is 14.8 Å². The molecule has 2 aromatic heterocycles. The summed E-state index contributed by atoms with van der Waals surface area (Å²) >= 11 is 5.68. The van der Waals surface area contributed by atoms with E-state index in [4.69, 9.17) is 11.6 Å². The van der Waals surface area contributed by atoms with Gasteiger partial charge in [0.1, 0.15) is 5.15 Å². The van der Waals surface area contributed by atoms with Crippen molar-refractivity contribution < 1.29 is 13.2 Å². The highest BCUT2D eigenvalue weighted by atomic mass is 35.5. The van der Waals surface area contributed by atoms with Crippen molar-refractivity contribution in [3.05, 3.63) is 117 Å². The third-order valence-corrected chi connectivity index (χ3v) is 7.82. The van der Waals surface area contributed by atoms with Crippen molar-refractivity contribution in [1.29, 1.82) is 0 Å². The number of halogens is 1. The van der Waals surface area contributed by atoms with Crippen LogP contribution in [0.25, 0.3) is 15.6 Å². The van der Waals surface area contributed by atoms with E-state index in [0.29, 0.717) is 11.3 Å². The summed E-state index contributed by atoms with van der Waals surface area (Å²) in [5.74, 6) is -0.373. The second-order valence-electron chi connectivity index (χ2n) is 8.77. The van der Waals surface area contributed by atoms with Crippen molar-refractivity contribution in [2.24, 2.45) is 0 Å². The molecule has 5 rings (SSSR count). The topological polar surface area (TPSA) is 108 Å². The van der Waals surface area contributed by atoms with Crippen LogP contribution in [-0.4, -0.2) is 29.1 Å². The van der Waals surface area contributed by atoms with Gasteiger partial charge < -0.3 is 19.7 Å². The van der Waals surface area contributed by atoms with Crippen LogP contribution in [0.3, 0.4) is 0 Å². The molecule has 1 N–H and O–H groups in total. The van der Waals surface area contributed by atoms with Gasteiger partial charge in [-0.1, -0.05) is 48.0 Å². The number of rotatable bonds is 7. The minimum Gasteiger partial charge on any atom is -0.352 e. The summed E-state index contributed by atoms with van der Waals surface area (Å²) in [7, 11) is -4.01. The molecule has 2 heterocycles. The molecule has 0 saturated carbocycles. The van der Waals surface area contributed by atoms with E-state index in [1.165, 1.54) is 42.0 Å². The second kappa shape index (κ2) is 10.3. The van der Waals surface area contributed by atoms with E-state index in [1.54, 1.807) is 6.07 Å². The number of hydrogen-bond acceptors (Lipinski definition) is 5. The molecule has 0 spiro atoms. The van der Waals surface area contributed by atoms with Gasteiger partial charge in [-0.05, 0) is 79.3 Å². The maximum Gasteiger partial charge on any atom is 0.255 e. The normalized spacial score (nSPS) is 11.4. The molecule has 0 bridgehead atoms. The van der Waals surface area contributed by atoms with Crippen LogP contribution >= 0.6 is 11.6 Å². The van der Waals surface area contributed by atoms with E-state index in [2.05, 4.69) is 50.8 Å². The first kappa shape index (κ1) is 25.4. The maximum atomic E-state index is 13.0. The monoisotopic (exact) mass is 544 g/mol. The van der Waals surface area contributed by atoms with Crippen LogP contribution in [0.4, 0.5) is 11.5 Å². The van der Waals surface area contributed by atoms with Crippen LogP contribution in [0.5, 0.6) is 0 Å². The minimum absolute atomic E-state index is 0.0421. The van der Waals surface area contributed by atoms with Crippen LogP contribution < -0.4 is 5.32 Å². The zero-order valence-electron chi connectivity index (χ0n) is 20.6. The van der Waals surface area contributed by atoms with Gasteiger partial charge in [0, 0.05) is 34.4 Å². The quantitative estimate of drug-likeness (QED) is 0.255. The zero-order valence-corrected chi connectivity index (χ0v) is 22.2. The Morgan fingerprint density at radius 3 is 2.37 bits per heavy atom. The largest absolute Gasteiger partial charge is 0.352 e. The Labute approximate surface area is 225 Å². The molecule has 0 fully saturated rings. The summed E-state index contributed by atoms with van der Waals surface area (Å²) in [5.41, 5.74) is 5.49. The van der Waals surface area contributed by atoms with Crippen molar-refractivity contribution in [3.8, 4) is 0 Å². The molecule has 0 aliphatic rings. The fourth-order valence-electron chi connectivity index (χ4n) is 4.21. The number of benzene rings is 3. The number of aromatic nitrogens is 3. The lowest BCUT2D eigenvalue weighted by Gasteiger charge is -2.15. The van der Waals surface area contributed by atoms with Gasteiger partial charge in [0.2, 0.25) is 10.0 Å². The number of carbonyl (C=O) groups excluding carboxylic acids is 1. The molecule has 3 aromatic carbocycles. The van der Waals surface area contributed by atoms with Crippen LogP contribution in [0.15, 0.2) is 89.8 Å². The van der Waals surface area contributed by atoms with Crippen molar-refractivity contribution in [2.75, 3.05) is 5.32 Å². The van der Waals surface area contributed by atoms with E-state index < -0.39 is 10.0 Å². The van der Waals surface area contributed by atoms with Crippen molar-refractivity contribution in [3.63, 3.8) is 0 Å². The summed E-state index contributed by atoms with van der Waals surface area (Å²) in [6.45, 7) is 4.88. The van der Waals surface area contributed by atoms with Crippen LogP contribution in [0.2, 0.25) is 5.15 Å². The highest BCUT2D eigenvalue weighted by Crippen LogP contribution is 2.29. The van der Waals surface area contributed by atoms with E-state index in [9.17, 15) is 13.2 Å². The third kappa shape index (κ3) is 5.25. The van der Waals surface area contributed by atoms with E-state index in [0.717, 1.165) is 28.7 Å². The molecule has 0 unspecified atom stereocenters. The number of sulfonamides is 1. The van der Waals surface area contributed by atoms with Gasteiger partial charge in [-0.25, -0.2) is 13.5 Å². The zero-order chi connectivity index (χ0) is 26.9. The average molecular weight is 545 g/mol. The Morgan fingerprint density at radius 2 is 1.68 bits per heavy atom. The van der Waals surface area contributed by atoms with Crippen molar-refractivity contribution in [2.45, 2.75) is 25.3 Å². The highest BCUT2D eigenvalue weighted by molar-refractivity contribution is 7.94. The number of aryl methyl sites for hydroxylation is 1. The van der Waals surface area contributed by atoms with Gasteiger partial charge in [0.25, 0.3) is 5.91 Å². The summed E-state index contributed by atoms with van der Waals surface area (Å²) < 4.78 is 31.1. The summed E-state index contributed by atoms with van der Waals surface area (Å²) in [4.78, 5) is 13.0. The van der Waals surface area contributed by atoms with Crippen LogP contribution in [0, 0.1) is 13.8 Å². The smallest absolute Gasteiger partial charge is 0.255 e. The van der Waals surface area contributed by atoms with Crippen LogP contribution in [0.1, 0.15) is 27.2 Å². The molecule has 8 nitrogen and oxygen atoms in total. The molecule has 0 saturated heterocycles. The average Bonchev–Trinajstić information content (AvgIpc) is 3.15. The molecular weight excluding hydrogens is 522 g/mol. The molecule has 5 aromatic rings. The molecule has 38 heavy (non-hydrogen) atoms. The van der Waals surface area contributed by atoms with Gasteiger partial charge in [0.15, 0.2) is 0 Å². The molecule has 1 amide bonds. The number of fused-ring (bicyclic) bond motifs is 1. The second-order valence-corrected chi connectivity index (χ2v) is 10.8. The molecule has 10 heteroatoms. The fraction of sp³-hybridized carbons (Fsp3) is 0.107. The summed E-state index contributed by atoms with van der Waals surface area (Å²) in [5, 5.41) is 11.2. The molecular formula is C28H23ClN5O3S-. The SMILES string of the molecule is Cc1c(C)n(Cc2ccccc2)c2ccc(C(=O)Nc3ccc(S(=O)(=O)[N-]c4ccc(Cl)nn4)cc3)cc12. The maximum absolute atomic E-state index is 13.0. The van der Waals surface area contributed by atoms with E-state index >= 15 is 0 Å². The number of carbonyl (C=O) groups is 1. The van der Waals surface area contributed by atoms with Crippen molar-refractivity contribution >= 4 is 49.9 Å². The Hall–Kier alpha value is -4.21. The number of amides is 1. The molecule has 0 atom stereocenters.